The molecular formula is C28H37N3O3S. The number of rotatable bonds is 10. The van der Waals surface area contributed by atoms with Crippen molar-refractivity contribution >= 4 is 34.8 Å². The van der Waals surface area contributed by atoms with Crippen LogP contribution in [0.3, 0.4) is 0 Å². The Bertz CT molecular complexity index is 952. The Balaban J connectivity index is 1.43. The molecule has 188 valence electrons. The highest BCUT2D eigenvalue weighted by Gasteiger charge is 2.17. The summed E-state index contributed by atoms with van der Waals surface area (Å²) in [6.07, 6.45) is 10.5. The van der Waals surface area contributed by atoms with Gasteiger partial charge in [-0.05, 0) is 80.0 Å². The number of thiocarbonyl (C=S) groups is 1. The van der Waals surface area contributed by atoms with E-state index in [4.69, 9.17) is 17.0 Å². The molecule has 2 aromatic rings. The second-order valence-electron chi connectivity index (χ2n) is 8.98. The quantitative estimate of drug-likeness (QED) is 0.304. The predicted molar refractivity (Wildman–Crippen MR) is 145 cm³/mol. The Kier molecular flexibility index (Phi) is 11.0. The van der Waals surface area contributed by atoms with E-state index in [-0.39, 0.29) is 16.9 Å². The highest BCUT2D eigenvalue weighted by molar-refractivity contribution is 7.80. The molecule has 1 heterocycles. The molecule has 0 radical (unpaired) electrons. The minimum atomic E-state index is -0.290. The van der Waals surface area contributed by atoms with E-state index in [9.17, 15) is 9.59 Å². The molecule has 0 saturated carbocycles. The van der Waals surface area contributed by atoms with Crippen molar-refractivity contribution < 1.29 is 14.3 Å². The van der Waals surface area contributed by atoms with Crippen molar-refractivity contribution in [1.29, 1.82) is 0 Å². The normalized spacial score (nSPS) is 13.6. The van der Waals surface area contributed by atoms with Gasteiger partial charge in [0.25, 0.3) is 11.8 Å². The van der Waals surface area contributed by atoms with Gasteiger partial charge in [0.15, 0.2) is 5.11 Å². The van der Waals surface area contributed by atoms with Gasteiger partial charge in [-0.1, -0.05) is 45.4 Å². The summed E-state index contributed by atoms with van der Waals surface area (Å²) >= 11 is 5.30. The van der Waals surface area contributed by atoms with Gasteiger partial charge in [0.1, 0.15) is 5.75 Å². The summed E-state index contributed by atoms with van der Waals surface area (Å²) in [4.78, 5) is 27.2. The molecule has 0 aromatic heterocycles. The second kappa shape index (κ2) is 14.5. The third kappa shape index (κ3) is 8.98. The van der Waals surface area contributed by atoms with Gasteiger partial charge >= 0.3 is 0 Å². The third-order valence-corrected chi connectivity index (χ3v) is 6.35. The molecule has 0 bridgehead atoms. The van der Waals surface area contributed by atoms with Crippen molar-refractivity contribution in [3.8, 4) is 5.75 Å². The zero-order valence-corrected chi connectivity index (χ0v) is 21.5. The number of ether oxygens (including phenoxy) is 1. The largest absolute Gasteiger partial charge is 0.494 e. The van der Waals surface area contributed by atoms with E-state index in [1.807, 2.05) is 4.90 Å². The first-order valence-electron chi connectivity index (χ1n) is 12.8. The molecule has 6 nitrogen and oxygen atoms in total. The number of hydrogen-bond acceptors (Lipinski definition) is 4. The molecule has 0 unspecified atom stereocenters. The smallest absolute Gasteiger partial charge is 0.257 e. The molecule has 0 spiro atoms. The van der Waals surface area contributed by atoms with E-state index < -0.39 is 0 Å². The molecule has 2 N–H and O–H groups in total. The van der Waals surface area contributed by atoms with Gasteiger partial charge in [-0.15, -0.1) is 0 Å². The first-order valence-corrected chi connectivity index (χ1v) is 13.2. The Morgan fingerprint density at radius 2 is 1.49 bits per heavy atom. The lowest BCUT2D eigenvalue weighted by atomic mass is 10.1. The zero-order valence-electron chi connectivity index (χ0n) is 20.7. The number of carbonyl (C=O) groups is 2. The van der Waals surface area contributed by atoms with Crippen LogP contribution in [-0.4, -0.2) is 41.5 Å². The van der Waals surface area contributed by atoms with E-state index in [0.717, 1.165) is 38.1 Å². The van der Waals surface area contributed by atoms with Crippen molar-refractivity contribution in [1.82, 2.24) is 10.2 Å². The molecule has 2 aromatic carbocycles. The fourth-order valence-electron chi connectivity index (χ4n) is 4.09. The van der Waals surface area contributed by atoms with E-state index in [1.165, 1.54) is 38.5 Å². The van der Waals surface area contributed by atoms with Crippen molar-refractivity contribution in [3.05, 3.63) is 59.7 Å². The maximum Gasteiger partial charge on any atom is 0.257 e. The number of likely N-dealkylation sites (tertiary alicyclic amines) is 1. The maximum atomic E-state index is 12.7. The van der Waals surface area contributed by atoms with Gasteiger partial charge in [0.2, 0.25) is 0 Å². The average molecular weight is 496 g/mol. The summed E-state index contributed by atoms with van der Waals surface area (Å²) in [6.45, 7) is 4.53. The highest BCUT2D eigenvalue weighted by atomic mass is 32.1. The van der Waals surface area contributed by atoms with Crippen LogP contribution >= 0.6 is 12.2 Å². The topological polar surface area (TPSA) is 70.7 Å². The van der Waals surface area contributed by atoms with Crippen LogP contribution in [0.5, 0.6) is 5.75 Å². The monoisotopic (exact) mass is 495 g/mol. The fraction of sp³-hybridized carbons (Fsp3) is 0.464. The number of carbonyl (C=O) groups excluding carboxylic acids is 2. The average Bonchev–Trinajstić information content (AvgIpc) is 3.16. The molecule has 1 aliphatic heterocycles. The zero-order chi connectivity index (χ0) is 24.9. The number of nitrogens with zero attached hydrogens (tertiary/aromatic N) is 1. The molecule has 1 fully saturated rings. The van der Waals surface area contributed by atoms with Crippen molar-refractivity contribution in [2.75, 3.05) is 25.0 Å². The molecule has 35 heavy (non-hydrogen) atoms. The Hall–Kier alpha value is -2.93. The lowest BCUT2D eigenvalue weighted by molar-refractivity contribution is 0.0761. The van der Waals surface area contributed by atoms with Crippen LogP contribution < -0.4 is 15.4 Å². The number of amides is 2. The molecule has 7 heteroatoms. The summed E-state index contributed by atoms with van der Waals surface area (Å²) in [6, 6.07) is 14.3. The van der Waals surface area contributed by atoms with E-state index >= 15 is 0 Å². The van der Waals surface area contributed by atoms with Gasteiger partial charge in [0, 0.05) is 29.9 Å². The first-order chi connectivity index (χ1) is 17.1. The molecule has 0 aliphatic carbocycles. The highest BCUT2D eigenvalue weighted by Crippen LogP contribution is 2.16. The standard InChI is InChI=1S/C28H37N3O3S/c1-2-3-4-7-10-21-34-25-17-13-22(14-18-25)26(32)30-28(35)29-24-15-11-23(12-16-24)27(33)31-19-8-5-6-9-20-31/h11-18H,2-10,19-21H2,1H3,(H2,29,30,32,35). The number of nitrogens with one attached hydrogen (secondary N) is 2. The number of hydrogen-bond donors (Lipinski definition) is 2. The molecule has 3 rings (SSSR count). The van der Waals surface area contributed by atoms with Gasteiger partial charge in [-0.2, -0.15) is 0 Å². The molecule has 2 amide bonds. The molecular weight excluding hydrogens is 458 g/mol. The van der Waals surface area contributed by atoms with Crippen LogP contribution in [0.1, 0.15) is 85.4 Å². The van der Waals surface area contributed by atoms with E-state index in [1.54, 1.807) is 48.5 Å². The lowest BCUT2D eigenvalue weighted by Gasteiger charge is -2.20. The Morgan fingerprint density at radius 1 is 0.857 bits per heavy atom. The minimum Gasteiger partial charge on any atom is -0.494 e. The Labute approximate surface area is 214 Å². The van der Waals surface area contributed by atoms with Gasteiger partial charge in [-0.25, -0.2) is 0 Å². The van der Waals surface area contributed by atoms with Crippen molar-refractivity contribution in [2.24, 2.45) is 0 Å². The van der Waals surface area contributed by atoms with E-state index in [2.05, 4.69) is 17.6 Å². The van der Waals surface area contributed by atoms with Crippen LogP contribution in [0.4, 0.5) is 5.69 Å². The van der Waals surface area contributed by atoms with Crippen LogP contribution in [0.25, 0.3) is 0 Å². The molecule has 1 aliphatic rings. The number of unbranched alkanes of at least 4 members (excludes halogenated alkanes) is 4. The number of anilines is 1. The molecule has 1 saturated heterocycles. The van der Waals surface area contributed by atoms with Crippen LogP contribution in [0.15, 0.2) is 48.5 Å². The van der Waals surface area contributed by atoms with Gasteiger partial charge in [0.05, 0.1) is 6.61 Å². The maximum absolute atomic E-state index is 12.7. The van der Waals surface area contributed by atoms with Crippen LogP contribution in [-0.2, 0) is 0 Å². The summed E-state index contributed by atoms with van der Waals surface area (Å²) in [7, 11) is 0. The van der Waals surface area contributed by atoms with Crippen molar-refractivity contribution in [2.45, 2.75) is 64.7 Å². The summed E-state index contributed by atoms with van der Waals surface area (Å²) < 4.78 is 5.76. The molecule has 0 atom stereocenters. The number of benzene rings is 2. The first kappa shape index (κ1) is 26.7. The predicted octanol–water partition coefficient (Wildman–Crippen LogP) is 6.18. The lowest BCUT2D eigenvalue weighted by Crippen LogP contribution is -2.34. The second-order valence-corrected chi connectivity index (χ2v) is 9.39. The minimum absolute atomic E-state index is 0.0678. The SMILES string of the molecule is CCCCCCCOc1ccc(C(=O)NC(=S)Nc2ccc(C(=O)N3CCCCCC3)cc2)cc1. The van der Waals surface area contributed by atoms with Gasteiger partial charge in [-0.3, -0.25) is 14.9 Å². The summed E-state index contributed by atoms with van der Waals surface area (Å²) in [5.74, 6) is 0.535. The third-order valence-electron chi connectivity index (χ3n) is 6.14. The van der Waals surface area contributed by atoms with E-state index in [0.29, 0.717) is 23.4 Å². The summed E-state index contributed by atoms with van der Waals surface area (Å²) in [5.41, 5.74) is 1.88. The summed E-state index contributed by atoms with van der Waals surface area (Å²) in [5, 5.41) is 5.91. The van der Waals surface area contributed by atoms with Crippen LogP contribution in [0.2, 0.25) is 0 Å². The van der Waals surface area contributed by atoms with Crippen LogP contribution in [0, 0.1) is 0 Å². The Morgan fingerprint density at radius 3 is 2.14 bits per heavy atom. The van der Waals surface area contributed by atoms with Gasteiger partial charge < -0.3 is 15.0 Å². The van der Waals surface area contributed by atoms with Crippen molar-refractivity contribution in [3.63, 3.8) is 0 Å². The fourth-order valence-corrected chi connectivity index (χ4v) is 4.30.